The van der Waals surface area contributed by atoms with Crippen molar-refractivity contribution >= 4 is 11.3 Å². The number of pyridine rings is 3. The molecule has 0 radical (unpaired) electrons. The van der Waals surface area contributed by atoms with E-state index in [1.807, 2.05) is 24.5 Å². The molecule has 1 N–H and O–H groups in total. The molecule has 0 aliphatic carbocycles. The molecule has 0 atom stereocenters. The van der Waals surface area contributed by atoms with E-state index in [4.69, 9.17) is 9.72 Å². The fraction of sp³-hybridized carbons (Fsp3) is 0.261. The third-order valence-electron chi connectivity index (χ3n) is 5.66. The zero-order valence-corrected chi connectivity index (χ0v) is 17.3. The van der Waals surface area contributed by atoms with Gasteiger partial charge in [-0.3, -0.25) is 4.90 Å². The van der Waals surface area contributed by atoms with Crippen molar-refractivity contribution in [3.05, 3.63) is 66.7 Å². The molecule has 1 aliphatic heterocycles. The number of aromatic hydroxyl groups is 1. The SMILES string of the molecule is COc1ccc(CN2CCN(c3ccc(-c4cc(O)cn5nccc45)cn3)CC2)cn1. The van der Waals surface area contributed by atoms with Crippen molar-refractivity contribution in [2.75, 3.05) is 38.2 Å². The molecule has 0 bridgehead atoms. The summed E-state index contributed by atoms with van der Waals surface area (Å²) < 4.78 is 6.80. The van der Waals surface area contributed by atoms with E-state index >= 15 is 0 Å². The Morgan fingerprint density at radius 1 is 1.00 bits per heavy atom. The summed E-state index contributed by atoms with van der Waals surface area (Å²) in [7, 11) is 1.63. The van der Waals surface area contributed by atoms with Crippen molar-refractivity contribution in [2.24, 2.45) is 0 Å². The Balaban J connectivity index is 1.24. The highest BCUT2D eigenvalue weighted by Crippen LogP contribution is 2.29. The van der Waals surface area contributed by atoms with E-state index in [1.54, 1.807) is 30.1 Å². The molecule has 0 spiro atoms. The van der Waals surface area contributed by atoms with Crippen molar-refractivity contribution in [2.45, 2.75) is 6.54 Å². The lowest BCUT2D eigenvalue weighted by Crippen LogP contribution is -2.46. The molecule has 8 heteroatoms. The molecular weight excluding hydrogens is 392 g/mol. The zero-order chi connectivity index (χ0) is 21.2. The number of rotatable bonds is 5. The smallest absolute Gasteiger partial charge is 0.212 e. The van der Waals surface area contributed by atoms with Gasteiger partial charge in [-0.2, -0.15) is 5.10 Å². The fourth-order valence-electron chi connectivity index (χ4n) is 4.00. The van der Waals surface area contributed by atoms with Crippen molar-refractivity contribution in [1.29, 1.82) is 0 Å². The molecule has 0 saturated carbocycles. The maximum absolute atomic E-state index is 10.0. The van der Waals surface area contributed by atoms with Gasteiger partial charge in [0.25, 0.3) is 0 Å². The van der Waals surface area contributed by atoms with Gasteiger partial charge in [-0.15, -0.1) is 0 Å². The van der Waals surface area contributed by atoms with Crippen LogP contribution in [-0.2, 0) is 6.54 Å². The van der Waals surface area contributed by atoms with Crippen molar-refractivity contribution in [3.8, 4) is 22.8 Å². The summed E-state index contributed by atoms with van der Waals surface area (Å²) in [6, 6.07) is 11.8. The first kappa shape index (κ1) is 19.3. The Hall–Kier alpha value is -3.65. The Bertz CT molecular complexity index is 1170. The summed E-state index contributed by atoms with van der Waals surface area (Å²) >= 11 is 0. The fourth-order valence-corrected chi connectivity index (χ4v) is 4.00. The average molecular weight is 416 g/mol. The number of fused-ring (bicyclic) bond motifs is 1. The molecule has 0 amide bonds. The molecule has 158 valence electrons. The van der Waals surface area contributed by atoms with Crippen LogP contribution < -0.4 is 9.64 Å². The van der Waals surface area contributed by atoms with E-state index in [0.29, 0.717) is 5.88 Å². The first-order valence-electron chi connectivity index (χ1n) is 10.3. The normalized spacial score (nSPS) is 14.8. The number of hydrogen-bond acceptors (Lipinski definition) is 7. The van der Waals surface area contributed by atoms with Gasteiger partial charge in [0.05, 0.1) is 25.0 Å². The minimum absolute atomic E-state index is 0.179. The van der Waals surface area contributed by atoms with Gasteiger partial charge in [-0.1, -0.05) is 6.07 Å². The second-order valence-electron chi connectivity index (χ2n) is 7.65. The molecule has 4 aromatic rings. The van der Waals surface area contributed by atoms with Gasteiger partial charge in [0.2, 0.25) is 5.88 Å². The van der Waals surface area contributed by atoms with Crippen LogP contribution in [-0.4, -0.2) is 62.9 Å². The number of aromatic nitrogens is 4. The number of methoxy groups -OCH3 is 1. The molecule has 1 fully saturated rings. The van der Waals surface area contributed by atoms with E-state index in [2.05, 4.69) is 38.1 Å². The molecule has 5 rings (SSSR count). The second-order valence-corrected chi connectivity index (χ2v) is 7.65. The highest BCUT2D eigenvalue weighted by molar-refractivity contribution is 5.81. The molecular formula is C23H24N6O2. The molecule has 1 aliphatic rings. The van der Waals surface area contributed by atoms with Crippen LogP contribution in [0, 0.1) is 0 Å². The van der Waals surface area contributed by atoms with Crippen molar-refractivity contribution in [1.82, 2.24) is 24.5 Å². The van der Waals surface area contributed by atoms with Crippen LogP contribution in [0.2, 0.25) is 0 Å². The van der Waals surface area contributed by atoms with Gasteiger partial charge in [0, 0.05) is 62.3 Å². The Morgan fingerprint density at radius 3 is 2.58 bits per heavy atom. The molecule has 5 heterocycles. The first-order chi connectivity index (χ1) is 15.2. The maximum atomic E-state index is 10.0. The molecule has 0 aromatic carbocycles. The summed E-state index contributed by atoms with van der Waals surface area (Å²) in [5.41, 5.74) is 3.99. The summed E-state index contributed by atoms with van der Waals surface area (Å²) in [4.78, 5) is 13.7. The topological polar surface area (TPSA) is 79.0 Å². The highest BCUT2D eigenvalue weighted by Gasteiger charge is 2.18. The summed E-state index contributed by atoms with van der Waals surface area (Å²) in [5, 5.41) is 14.2. The van der Waals surface area contributed by atoms with Crippen LogP contribution in [0.4, 0.5) is 5.82 Å². The summed E-state index contributed by atoms with van der Waals surface area (Å²) in [5.74, 6) is 1.79. The summed E-state index contributed by atoms with van der Waals surface area (Å²) in [6.07, 6.45) is 7.07. The lowest BCUT2D eigenvalue weighted by atomic mass is 10.1. The molecule has 31 heavy (non-hydrogen) atoms. The predicted octanol–water partition coefficient (Wildman–Crippen LogP) is 2.83. The van der Waals surface area contributed by atoms with E-state index < -0.39 is 0 Å². The van der Waals surface area contributed by atoms with E-state index in [1.165, 1.54) is 5.56 Å². The minimum Gasteiger partial charge on any atom is -0.506 e. The van der Waals surface area contributed by atoms with Crippen LogP contribution >= 0.6 is 0 Å². The van der Waals surface area contributed by atoms with E-state index in [9.17, 15) is 5.11 Å². The number of ether oxygens (including phenoxy) is 1. The molecule has 1 saturated heterocycles. The van der Waals surface area contributed by atoms with E-state index in [-0.39, 0.29) is 5.75 Å². The van der Waals surface area contributed by atoms with Gasteiger partial charge in [-0.25, -0.2) is 14.5 Å². The van der Waals surface area contributed by atoms with Gasteiger partial charge in [0.1, 0.15) is 11.6 Å². The predicted molar refractivity (Wildman–Crippen MR) is 118 cm³/mol. The Labute approximate surface area is 180 Å². The second kappa shape index (κ2) is 8.23. The Morgan fingerprint density at radius 2 is 1.87 bits per heavy atom. The average Bonchev–Trinajstić information content (AvgIpc) is 3.28. The van der Waals surface area contributed by atoms with Crippen LogP contribution in [0.1, 0.15) is 5.56 Å². The molecule has 0 unspecified atom stereocenters. The third kappa shape index (κ3) is 4.02. The number of nitrogens with zero attached hydrogens (tertiary/aromatic N) is 6. The first-order valence-corrected chi connectivity index (χ1v) is 10.3. The van der Waals surface area contributed by atoms with Crippen molar-refractivity contribution in [3.63, 3.8) is 0 Å². The summed E-state index contributed by atoms with van der Waals surface area (Å²) in [6.45, 7) is 4.68. The van der Waals surface area contributed by atoms with Crippen LogP contribution in [0.25, 0.3) is 16.6 Å². The van der Waals surface area contributed by atoms with Gasteiger partial charge in [0.15, 0.2) is 0 Å². The lowest BCUT2D eigenvalue weighted by molar-refractivity contribution is 0.249. The Kier molecular flexibility index (Phi) is 5.13. The highest BCUT2D eigenvalue weighted by atomic mass is 16.5. The standard InChI is InChI=1S/C23H24N6O2/c1-31-23-5-2-17(13-25-23)15-27-8-10-28(11-9-27)22-4-3-18(14-24-22)20-12-19(30)16-29-21(20)6-7-26-29/h2-7,12-14,16,30H,8-11,15H2,1H3. The largest absolute Gasteiger partial charge is 0.506 e. The number of anilines is 1. The number of piperazine rings is 1. The minimum atomic E-state index is 0.179. The number of hydrogen-bond donors (Lipinski definition) is 1. The molecule has 4 aromatic heterocycles. The van der Waals surface area contributed by atoms with Gasteiger partial charge >= 0.3 is 0 Å². The van der Waals surface area contributed by atoms with Crippen LogP contribution in [0.5, 0.6) is 11.6 Å². The maximum Gasteiger partial charge on any atom is 0.212 e. The molecule has 8 nitrogen and oxygen atoms in total. The van der Waals surface area contributed by atoms with Gasteiger partial charge in [-0.05, 0) is 29.8 Å². The van der Waals surface area contributed by atoms with Crippen LogP contribution in [0.15, 0.2) is 61.2 Å². The van der Waals surface area contributed by atoms with Crippen molar-refractivity contribution < 1.29 is 9.84 Å². The monoisotopic (exact) mass is 416 g/mol. The van der Waals surface area contributed by atoms with Crippen LogP contribution in [0.3, 0.4) is 0 Å². The van der Waals surface area contributed by atoms with Gasteiger partial charge < -0.3 is 14.7 Å². The quantitative estimate of drug-likeness (QED) is 0.536. The van der Waals surface area contributed by atoms with E-state index in [0.717, 1.165) is 55.2 Å². The third-order valence-corrected chi connectivity index (χ3v) is 5.66. The zero-order valence-electron chi connectivity index (χ0n) is 17.3. The lowest BCUT2D eigenvalue weighted by Gasteiger charge is -2.35.